The predicted octanol–water partition coefficient (Wildman–Crippen LogP) is 2.75. The van der Waals surface area contributed by atoms with Gasteiger partial charge in [0.05, 0.1) is 7.11 Å². The summed E-state index contributed by atoms with van der Waals surface area (Å²) in [5.41, 5.74) is 0. The van der Waals surface area contributed by atoms with Crippen LogP contribution in [0, 0.1) is 0 Å². The largest absolute Gasteiger partial charge is 0.497 e. The molecule has 2 aromatic rings. The van der Waals surface area contributed by atoms with Gasteiger partial charge in [-0.15, -0.1) is 0 Å². The zero-order valence-corrected chi connectivity index (χ0v) is 12.4. The van der Waals surface area contributed by atoms with E-state index in [1.165, 1.54) is 11.8 Å². The van der Waals surface area contributed by atoms with Crippen molar-refractivity contribution in [3.05, 3.63) is 29.5 Å². The molecule has 0 unspecified atom stereocenters. The summed E-state index contributed by atoms with van der Waals surface area (Å²) < 4.78 is 5.18. The molecule has 19 heavy (non-hydrogen) atoms. The molecule has 2 rings (SSSR count). The molecule has 0 amide bonds. The summed E-state index contributed by atoms with van der Waals surface area (Å²) in [5.74, 6) is 1.32. The Labute approximate surface area is 121 Å². The van der Waals surface area contributed by atoms with Gasteiger partial charge in [0.15, 0.2) is 5.16 Å². The van der Waals surface area contributed by atoms with Crippen LogP contribution in [0.3, 0.4) is 0 Å². The molecule has 0 N–H and O–H groups in total. The lowest BCUT2D eigenvalue weighted by Crippen LogP contribution is -2.13. The molecule has 0 fully saturated rings. The smallest absolute Gasteiger partial charge is 0.230 e. The van der Waals surface area contributed by atoms with E-state index in [2.05, 4.69) is 15.0 Å². The number of methoxy groups -OCH3 is 1. The highest BCUT2D eigenvalue weighted by atomic mass is 35.5. The topological polar surface area (TPSA) is 51.1 Å². The van der Waals surface area contributed by atoms with Gasteiger partial charge in [0.1, 0.15) is 5.75 Å². The first kappa shape index (κ1) is 13.9. The molecule has 7 heteroatoms. The van der Waals surface area contributed by atoms with Crippen LogP contribution in [0.2, 0.25) is 5.28 Å². The van der Waals surface area contributed by atoms with E-state index in [1.807, 2.05) is 38.4 Å². The number of halogens is 1. The fraction of sp³-hybridized carbons (Fsp3) is 0.250. The summed E-state index contributed by atoms with van der Waals surface area (Å²) >= 11 is 7.30. The third-order valence-electron chi connectivity index (χ3n) is 2.23. The van der Waals surface area contributed by atoms with Gasteiger partial charge in [-0.1, -0.05) is 6.07 Å². The summed E-state index contributed by atoms with van der Waals surface area (Å²) in [4.78, 5) is 15.2. The highest BCUT2D eigenvalue weighted by Gasteiger charge is 2.08. The molecule has 0 bridgehead atoms. The van der Waals surface area contributed by atoms with E-state index in [0.29, 0.717) is 11.1 Å². The van der Waals surface area contributed by atoms with Gasteiger partial charge in [0.25, 0.3) is 0 Å². The molecular weight excluding hydrogens is 284 g/mol. The van der Waals surface area contributed by atoms with Gasteiger partial charge in [0, 0.05) is 19.0 Å². The summed E-state index contributed by atoms with van der Waals surface area (Å²) in [7, 11) is 5.34. The lowest BCUT2D eigenvalue weighted by Gasteiger charge is -2.10. The Morgan fingerprint density at radius 2 is 2.00 bits per heavy atom. The van der Waals surface area contributed by atoms with Gasteiger partial charge < -0.3 is 9.64 Å². The van der Waals surface area contributed by atoms with Crippen molar-refractivity contribution in [2.24, 2.45) is 0 Å². The van der Waals surface area contributed by atoms with Crippen molar-refractivity contribution in [1.82, 2.24) is 15.0 Å². The molecule has 0 radical (unpaired) electrons. The summed E-state index contributed by atoms with van der Waals surface area (Å²) in [6.45, 7) is 0. The Bertz CT molecular complexity index is 579. The van der Waals surface area contributed by atoms with Gasteiger partial charge >= 0.3 is 0 Å². The van der Waals surface area contributed by atoms with Gasteiger partial charge in [-0.2, -0.15) is 15.0 Å². The average molecular weight is 297 g/mol. The van der Waals surface area contributed by atoms with E-state index in [9.17, 15) is 0 Å². The number of anilines is 1. The Balaban J connectivity index is 2.27. The number of rotatable bonds is 4. The normalized spacial score (nSPS) is 10.3. The zero-order valence-electron chi connectivity index (χ0n) is 10.8. The van der Waals surface area contributed by atoms with Crippen molar-refractivity contribution in [1.29, 1.82) is 0 Å². The minimum absolute atomic E-state index is 0.184. The SMILES string of the molecule is COc1cccc(Sc2nc(Cl)nc(N(C)C)n2)c1. The standard InChI is InChI=1S/C12H13ClN4OS/c1-17(2)11-14-10(13)15-12(16-11)19-9-6-4-5-8(7-9)18-3/h4-7H,1-3H3. The van der Waals surface area contributed by atoms with Crippen LogP contribution >= 0.6 is 23.4 Å². The second-order valence-electron chi connectivity index (χ2n) is 3.86. The van der Waals surface area contributed by atoms with Gasteiger partial charge in [-0.3, -0.25) is 0 Å². The third-order valence-corrected chi connectivity index (χ3v) is 3.25. The quantitative estimate of drug-likeness (QED) is 0.865. The molecule has 0 aliphatic heterocycles. The van der Waals surface area contributed by atoms with E-state index in [0.717, 1.165) is 10.6 Å². The van der Waals surface area contributed by atoms with Gasteiger partial charge in [-0.25, -0.2) is 0 Å². The second kappa shape index (κ2) is 6.08. The van der Waals surface area contributed by atoms with Crippen molar-refractivity contribution in [2.75, 3.05) is 26.1 Å². The molecule has 0 saturated heterocycles. The lowest BCUT2D eigenvalue weighted by molar-refractivity contribution is 0.413. The minimum atomic E-state index is 0.184. The van der Waals surface area contributed by atoms with E-state index >= 15 is 0 Å². The summed E-state index contributed by atoms with van der Waals surface area (Å²) in [5, 5.41) is 0.737. The Morgan fingerprint density at radius 1 is 1.21 bits per heavy atom. The van der Waals surface area contributed by atoms with Crippen molar-refractivity contribution in [3.8, 4) is 5.75 Å². The van der Waals surface area contributed by atoms with Crippen LogP contribution < -0.4 is 9.64 Å². The number of hydrogen-bond acceptors (Lipinski definition) is 6. The van der Waals surface area contributed by atoms with Crippen LogP contribution in [0.1, 0.15) is 0 Å². The number of ether oxygens (including phenoxy) is 1. The monoisotopic (exact) mass is 296 g/mol. The van der Waals surface area contributed by atoms with E-state index in [4.69, 9.17) is 16.3 Å². The molecule has 1 aromatic carbocycles. The van der Waals surface area contributed by atoms with E-state index < -0.39 is 0 Å². The van der Waals surface area contributed by atoms with Crippen LogP contribution in [0.4, 0.5) is 5.95 Å². The molecule has 0 spiro atoms. The fourth-order valence-electron chi connectivity index (χ4n) is 1.34. The molecular formula is C12H13ClN4OS. The van der Waals surface area contributed by atoms with Crippen molar-refractivity contribution >= 4 is 29.3 Å². The predicted molar refractivity (Wildman–Crippen MR) is 76.3 cm³/mol. The maximum atomic E-state index is 5.89. The van der Waals surface area contributed by atoms with Gasteiger partial charge in [0.2, 0.25) is 11.2 Å². The number of nitrogens with zero attached hydrogens (tertiary/aromatic N) is 4. The molecule has 0 saturated carbocycles. The van der Waals surface area contributed by atoms with Gasteiger partial charge in [-0.05, 0) is 41.6 Å². The molecule has 5 nitrogen and oxygen atoms in total. The first-order chi connectivity index (χ1) is 9.08. The lowest BCUT2D eigenvalue weighted by atomic mass is 10.3. The van der Waals surface area contributed by atoms with E-state index in [-0.39, 0.29) is 5.28 Å². The third kappa shape index (κ3) is 3.71. The molecule has 100 valence electrons. The zero-order chi connectivity index (χ0) is 13.8. The first-order valence-electron chi connectivity index (χ1n) is 5.49. The summed E-state index contributed by atoms with van der Waals surface area (Å²) in [6, 6.07) is 7.67. The highest BCUT2D eigenvalue weighted by molar-refractivity contribution is 7.99. The van der Waals surface area contributed by atoms with Crippen molar-refractivity contribution in [2.45, 2.75) is 10.1 Å². The van der Waals surface area contributed by atoms with Crippen LogP contribution in [0.5, 0.6) is 5.75 Å². The molecule has 1 aromatic heterocycles. The minimum Gasteiger partial charge on any atom is -0.497 e. The van der Waals surface area contributed by atoms with Crippen molar-refractivity contribution in [3.63, 3.8) is 0 Å². The number of benzene rings is 1. The van der Waals surface area contributed by atoms with E-state index in [1.54, 1.807) is 12.0 Å². The fourth-order valence-corrected chi connectivity index (χ4v) is 2.34. The van der Waals surface area contributed by atoms with Crippen LogP contribution in [0.15, 0.2) is 34.3 Å². The molecule has 0 aliphatic carbocycles. The average Bonchev–Trinajstić information content (AvgIpc) is 2.38. The number of aromatic nitrogens is 3. The maximum Gasteiger partial charge on any atom is 0.230 e. The Hall–Kier alpha value is -1.53. The molecule has 0 atom stereocenters. The Morgan fingerprint density at radius 3 is 2.68 bits per heavy atom. The van der Waals surface area contributed by atoms with Crippen LogP contribution in [0.25, 0.3) is 0 Å². The second-order valence-corrected chi connectivity index (χ2v) is 5.24. The maximum absolute atomic E-state index is 5.89. The number of hydrogen-bond donors (Lipinski definition) is 0. The van der Waals surface area contributed by atoms with Crippen LogP contribution in [-0.2, 0) is 0 Å². The first-order valence-corrected chi connectivity index (χ1v) is 6.69. The van der Waals surface area contributed by atoms with Crippen LogP contribution in [-0.4, -0.2) is 36.2 Å². The highest BCUT2D eigenvalue weighted by Crippen LogP contribution is 2.28. The molecule has 0 aliphatic rings. The summed E-state index contributed by atoms with van der Waals surface area (Å²) in [6.07, 6.45) is 0. The molecule has 1 heterocycles. The van der Waals surface area contributed by atoms with Crippen molar-refractivity contribution < 1.29 is 4.74 Å². The Kier molecular flexibility index (Phi) is 4.44.